The van der Waals surface area contributed by atoms with Crippen LogP contribution in [0.3, 0.4) is 0 Å². The predicted molar refractivity (Wildman–Crippen MR) is 117 cm³/mol. The van der Waals surface area contributed by atoms with E-state index >= 15 is 0 Å². The summed E-state index contributed by atoms with van der Waals surface area (Å²) in [7, 11) is 2.81. The van der Waals surface area contributed by atoms with Crippen LogP contribution in [0.25, 0.3) is 26.8 Å². The Labute approximate surface area is 223 Å². The topological polar surface area (TPSA) is 88.1 Å². The molecule has 0 aliphatic heterocycles. The number of amides is 1. The second-order valence-corrected chi connectivity index (χ2v) is 8.82. The molecule has 15 heteroatoms. The van der Waals surface area contributed by atoms with E-state index in [9.17, 15) is 36.3 Å². The van der Waals surface area contributed by atoms with E-state index in [2.05, 4.69) is 10.3 Å². The maximum absolute atomic E-state index is 14.4. The van der Waals surface area contributed by atoms with E-state index in [1.54, 1.807) is 5.38 Å². The van der Waals surface area contributed by atoms with Crippen LogP contribution in [0.5, 0.6) is 0 Å². The van der Waals surface area contributed by atoms with Crippen molar-refractivity contribution >= 4 is 43.9 Å². The number of carbonyl (C=O) groups excluding carboxylic acids is 1. The van der Waals surface area contributed by atoms with Crippen molar-refractivity contribution in [2.45, 2.75) is 12.6 Å². The molecule has 4 rings (SSSR count). The molecule has 3 heterocycles. The molecule has 3 aromatic heterocycles. The summed E-state index contributed by atoms with van der Waals surface area (Å²) in [6, 6.07) is 1.30. The van der Waals surface area contributed by atoms with Gasteiger partial charge >= 0.3 is 41.4 Å². The van der Waals surface area contributed by atoms with Crippen LogP contribution in [0.15, 0.2) is 32.5 Å². The summed E-state index contributed by atoms with van der Waals surface area (Å²) in [5.41, 5.74) is -3.60. The minimum atomic E-state index is -5.24. The summed E-state index contributed by atoms with van der Waals surface area (Å²) in [6.45, 7) is 0. The van der Waals surface area contributed by atoms with Gasteiger partial charge in [0, 0.05) is 31.2 Å². The molecule has 0 bridgehead atoms. The van der Waals surface area contributed by atoms with E-state index in [-0.39, 0.29) is 52.2 Å². The Morgan fingerprint density at radius 2 is 1.77 bits per heavy atom. The van der Waals surface area contributed by atoms with Gasteiger partial charge in [-0.15, -0.1) is 11.3 Å². The van der Waals surface area contributed by atoms with Crippen LogP contribution < -0.4 is 40.8 Å². The van der Waals surface area contributed by atoms with Crippen molar-refractivity contribution in [2.24, 2.45) is 14.1 Å². The molecule has 0 fully saturated rings. The van der Waals surface area contributed by atoms with Crippen LogP contribution >= 0.6 is 22.7 Å². The molecule has 0 radical (unpaired) electrons. The summed E-state index contributed by atoms with van der Waals surface area (Å²) in [6.07, 6.45) is -5.54. The van der Waals surface area contributed by atoms with Crippen molar-refractivity contribution < 1.29 is 56.3 Å². The summed E-state index contributed by atoms with van der Waals surface area (Å²) in [5.74, 6) is -4.29. The average molecular weight is 538 g/mol. The first-order valence-electron chi connectivity index (χ1n) is 9.32. The molecule has 0 N–H and O–H groups in total. The van der Waals surface area contributed by atoms with Gasteiger partial charge in [-0.05, 0) is 34.2 Å². The third kappa shape index (κ3) is 4.98. The van der Waals surface area contributed by atoms with Crippen LogP contribution in [0.1, 0.15) is 11.1 Å². The second kappa shape index (κ2) is 9.93. The molecule has 0 atom stereocenters. The van der Waals surface area contributed by atoms with Crippen LogP contribution in [0.2, 0.25) is 0 Å². The van der Waals surface area contributed by atoms with E-state index in [0.717, 1.165) is 33.3 Å². The number of hydrogen-bond acceptors (Lipinski definition) is 6. The van der Waals surface area contributed by atoms with Crippen molar-refractivity contribution in [3.8, 4) is 11.3 Å². The third-order valence-electron chi connectivity index (χ3n) is 4.95. The van der Waals surface area contributed by atoms with Gasteiger partial charge in [-0.3, -0.25) is 18.7 Å². The van der Waals surface area contributed by atoms with Crippen LogP contribution in [0, 0.1) is 11.6 Å². The molecule has 0 unspecified atom stereocenters. The van der Waals surface area contributed by atoms with Crippen molar-refractivity contribution in [3.63, 3.8) is 0 Å². The number of thiophene rings is 1. The predicted octanol–water partition coefficient (Wildman–Crippen LogP) is 1.50. The zero-order valence-electron chi connectivity index (χ0n) is 18.2. The molecule has 0 saturated carbocycles. The molecule has 0 saturated heterocycles. The van der Waals surface area contributed by atoms with Crippen LogP contribution in [-0.4, -0.2) is 20.0 Å². The largest absolute Gasteiger partial charge is 1.00 e. The number of halogens is 5. The molecular weight excluding hydrogens is 526 g/mol. The quantitative estimate of drug-likeness (QED) is 0.291. The Morgan fingerprint density at radius 1 is 1.09 bits per heavy atom. The number of aromatic nitrogens is 3. The molecule has 1 amide bonds. The molecular formula is C20H12F5N4NaO3S2. The fourth-order valence-electron chi connectivity index (χ4n) is 3.31. The molecule has 7 nitrogen and oxygen atoms in total. The number of carbonyl (C=O) groups is 1. The van der Waals surface area contributed by atoms with Gasteiger partial charge in [0.1, 0.15) is 22.0 Å². The van der Waals surface area contributed by atoms with Crippen LogP contribution in [0.4, 0.5) is 27.1 Å². The first-order valence-corrected chi connectivity index (χ1v) is 11.1. The normalized spacial score (nSPS) is 11.5. The fourth-order valence-corrected chi connectivity index (χ4v) is 5.04. The fraction of sp³-hybridized carbons (Fsp3) is 0.200. The molecule has 1 aromatic carbocycles. The maximum Gasteiger partial charge on any atom is 1.00 e. The minimum Gasteiger partial charge on any atom is -0.426 e. The number of alkyl halides is 3. The first kappa shape index (κ1) is 27.2. The summed E-state index contributed by atoms with van der Waals surface area (Å²) in [4.78, 5) is 41.3. The van der Waals surface area contributed by atoms with E-state index in [1.165, 1.54) is 24.0 Å². The standard InChI is InChI=1S/C20H13F5N4O3S2.Na/c1-28-16(31)13-8(6-33-17(13)29(2)19(28)32)5-12(30)27-18-26-11(7-34-18)9-3-4-10(21)14(15(9)22)20(23,24)25;/h3-4,6-7H,5H2,1-2H3,(H,26,27,30);/q;+1/p-1. The molecule has 0 aliphatic rings. The molecule has 35 heavy (non-hydrogen) atoms. The minimum absolute atomic E-state index is 0. The van der Waals surface area contributed by atoms with Gasteiger partial charge < -0.3 is 10.3 Å². The van der Waals surface area contributed by atoms with Gasteiger partial charge in [0.05, 0.1) is 5.39 Å². The molecule has 178 valence electrons. The van der Waals surface area contributed by atoms with Crippen molar-refractivity contribution in [3.05, 3.63) is 71.8 Å². The third-order valence-corrected chi connectivity index (χ3v) is 6.79. The SMILES string of the molecule is Cn1c(=O)c2c(CC(=O)[N-]c3nc(-c4ccc(F)c(C(F)(F)F)c4F)cs3)csc2n(C)c1=O.[Na+]. The Morgan fingerprint density at radius 3 is 2.43 bits per heavy atom. The number of aryl methyl sites for hydroxylation is 1. The Bertz CT molecular complexity index is 1570. The number of benzene rings is 1. The monoisotopic (exact) mass is 538 g/mol. The summed E-state index contributed by atoms with van der Waals surface area (Å²) < 4.78 is 69.0. The first-order chi connectivity index (χ1) is 15.9. The second-order valence-electron chi connectivity index (χ2n) is 7.13. The molecule has 4 aromatic rings. The van der Waals surface area contributed by atoms with Crippen molar-refractivity contribution in [1.82, 2.24) is 14.1 Å². The zero-order chi connectivity index (χ0) is 24.9. The number of nitrogens with zero attached hydrogens (tertiary/aromatic N) is 4. The van der Waals surface area contributed by atoms with Gasteiger partial charge in [0.15, 0.2) is 5.91 Å². The van der Waals surface area contributed by atoms with Crippen molar-refractivity contribution in [1.29, 1.82) is 0 Å². The number of rotatable bonds is 4. The van der Waals surface area contributed by atoms with E-state index in [4.69, 9.17) is 0 Å². The van der Waals surface area contributed by atoms with E-state index in [1.807, 2.05) is 0 Å². The van der Waals surface area contributed by atoms with Gasteiger partial charge in [0.25, 0.3) is 5.56 Å². The van der Waals surface area contributed by atoms with E-state index < -0.39 is 46.1 Å². The summed E-state index contributed by atoms with van der Waals surface area (Å²) in [5, 5.41) is 6.56. The zero-order valence-corrected chi connectivity index (χ0v) is 21.9. The van der Waals surface area contributed by atoms with Gasteiger partial charge in [-0.2, -0.15) is 24.5 Å². The van der Waals surface area contributed by atoms with Crippen molar-refractivity contribution in [2.75, 3.05) is 0 Å². The van der Waals surface area contributed by atoms with Gasteiger partial charge in [0.2, 0.25) is 0 Å². The Hall–Kier alpha value is -2.39. The van der Waals surface area contributed by atoms with Crippen LogP contribution in [-0.2, 0) is 31.5 Å². The number of fused-ring (bicyclic) bond motifs is 1. The Balaban J connectivity index is 0.00000342. The van der Waals surface area contributed by atoms with Gasteiger partial charge in [-0.1, -0.05) is 0 Å². The van der Waals surface area contributed by atoms with Gasteiger partial charge in [-0.25, -0.2) is 13.6 Å². The number of hydrogen-bond donors (Lipinski definition) is 0. The smallest absolute Gasteiger partial charge is 0.426 e. The number of thiazole rings is 1. The molecule has 0 spiro atoms. The average Bonchev–Trinajstić information content (AvgIpc) is 3.37. The maximum atomic E-state index is 14.4. The molecule has 0 aliphatic carbocycles. The summed E-state index contributed by atoms with van der Waals surface area (Å²) >= 11 is 1.89. The Kier molecular flexibility index (Phi) is 7.72. The van der Waals surface area contributed by atoms with E-state index in [0.29, 0.717) is 16.5 Å².